The van der Waals surface area contributed by atoms with Crippen LogP contribution in [0.2, 0.25) is 0 Å². The summed E-state index contributed by atoms with van der Waals surface area (Å²) in [6.07, 6.45) is 0. The molecule has 13 rings (SSSR count). The second-order valence-corrected chi connectivity index (χ2v) is 19.0. The molecule has 292 valence electrons. The number of thiophene rings is 1. The lowest BCUT2D eigenvalue weighted by molar-refractivity contribution is 0.660. The molecule has 0 fully saturated rings. The molecule has 0 radical (unpaired) electrons. The molecule has 1 spiro atoms. The molecule has 0 saturated carbocycles. The summed E-state index contributed by atoms with van der Waals surface area (Å²) < 4.78 is 2.65. The summed E-state index contributed by atoms with van der Waals surface area (Å²) in [5, 5.41) is 2.66. The average molecular weight is 807 g/mol. The highest BCUT2D eigenvalue weighted by Gasteiger charge is 2.52. The fourth-order valence-corrected chi connectivity index (χ4v) is 13.1. The second kappa shape index (κ2) is 13.0. The lowest BCUT2D eigenvalue weighted by Crippen LogP contribution is -2.25. The van der Waals surface area contributed by atoms with Crippen molar-refractivity contribution in [2.24, 2.45) is 0 Å². The van der Waals surface area contributed by atoms with E-state index >= 15 is 0 Å². The largest absolute Gasteiger partial charge is 0.135 e. The lowest BCUT2D eigenvalue weighted by Gasteiger charge is -2.31. The van der Waals surface area contributed by atoms with Crippen molar-refractivity contribution in [3.8, 4) is 44.5 Å². The summed E-state index contributed by atoms with van der Waals surface area (Å²) in [5.74, 6) is -0.114. The van der Waals surface area contributed by atoms with Gasteiger partial charge in [-0.3, -0.25) is 0 Å². The van der Waals surface area contributed by atoms with Crippen molar-refractivity contribution < 1.29 is 0 Å². The standard InChI is InChI=1S/C61H42S/c1-37(40-34-35-45-42-16-4-9-23-49(42)60(2,3)54(45)36-40)57(39-32-30-38(31-33-39)41-21-15-29-56-59(41)47-20-8-13-28-55(47)62-56)48-22-14-27-53-58(48)46-19-7-12-26-52(46)61(53)50-24-10-5-17-43(50)44-18-6-11-25-51(44)61/h4-36,57H,1H2,2-3H3. The monoisotopic (exact) mass is 806 g/mol. The highest BCUT2D eigenvalue weighted by molar-refractivity contribution is 7.25. The van der Waals surface area contributed by atoms with Gasteiger partial charge in [-0.25, -0.2) is 0 Å². The van der Waals surface area contributed by atoms with E-state index in [-0.39, 0.29) is 11.3 Å². The van der Waals surface area contributed by atoms with E-state index in [1.54, 1.807) is 0 Å². The topological polar surface area (TPSA) is 0 Å². The van der Waals surface area contributed by atoms with Crippen molar-refractivity contribution in [1.29, 1.82) is 0 Å². The summed E-state index contributed by atoms with van der Waals surface area (Å²) in [6, 6.07) is 75.5. The smallest absolute Gasteiger partial charge is 0.0725 e. The van der Waals surface area contributed by atoms with Crippen LogP contribution < -0.4 is 0 Å². The number of benzene rings is 9. The number of fused-ring (bicyclic) bond motifs is 16. The molecule has 1 unspecified atom stereocenters. The molecule has 0 aliphatic heterocycles. The summed E-state index contributed by atoms with van der Waals surface area (Å²) >= 11 is 1.88. The molecule has 1 heterocycles. The number of hydrogen-bond donors (Lipinski definition) is 0. The van der Waals surface area contributed by atoms with E-state index in [4.69, 9.17) is 6.58 Å². The minimum absolute atomic E-state index is 0.114. The summed E-state index contributed by atoms with van der Waals surface area (Å²) in [4.78, 5) is 0. The van der Waals surface area contributed by atoms with Gasteiger partial charge in [0.1, 0.15) is 0 Å². The zero-order valence-corrected chi connectivity index (χ0v) is 35.6. The van der Waals surface area contributed by atoms with Gasteiger partial charge in [-0.05, 0) is 118 Å². The molecule has 1 aromatic heterocycles. The SMILES string of the molecule is C=C(c1ccc2c(c1)C(C)(C)c1ccccc1-2)C(c1ccc(-c2cccc3sc4ccccc4c23)cc1)c1cccc2c1-c1ccccc1C21c2ccccc2-c2ccccc21. The van der Waals surface area contributed by atoms with E-state index in [9.17, 15) is 0 Å². The van der Waals surface area contributed by atoms with Crippen LogP contribution in [0.4, 0.5) is 0 Å². The Labute approximate surface area is 367 Å². The lowest BCUT2D eigenvalue weighted by atomic mass is 9.70. The normalized spacial score (nSPS) is 14.9. The number of rotatable bonds is 5. The van der Waals surface area contributed by atoms with Crippen LogP contribution in [0.25, 0.3) is 70.3 Å². The third kappa shape index (κ3) is 4.67. The Morgan fingerprint density at radius 1 is 0.452 bits per heavy atom. The molecule has 3 aliphatic rings. The van der Waals surface area contributed by atoms with E-state index in [1.807, 2.05) is 11.3 Å². The molecular formula is C61H42S. The van der Waals surface area contributed by atoms with Gasteiger partial charge in [0.05, 0.1) is 5.41 Å². The molecule has 0 bridgehead atoms. The molecule has 0 N–H and O–H groups in total. The zero-order chi connectivity index (χ0) is 41.3. The maximum absolute atomic E-state index is 5.09. The van der Waals surface area contributed by atoms with E-state index < -0.39 is 5.41 Å². The summed E-state index contributed by atoms with van der Waals surface area (Å²) in [5.41, 5.74) is 22.9. The van der Waals surface area contributed by atoms with Gasteiger partial charge in [-0.15, -0.1) is 11.3 Å². The highest BCUT2D eigenvalue weighted by atomic mass is 32.1. The average Bonchev–Trinajstić information content (AvgIpc) is 4.02. The van der Waals surface area contributed by atoms with Crippen LogP contribution in [-0.2, 0) is 10.8 Å². The van der Waals surface area contributed by atoms with E-state index in [1.165, 1.54) is 115 Å². The Morgan fingerprint density at radius 3 is 1.71 bits per heavy atom. The highest BCUT2D eigenvalue weighted by Crippen LogP contribution is 2.64. The third-order valence-corrected chi connectivity index (χ3v) is 15.8. The van der Waals surface area contributed by atoms with E-state index in [0.29, 0.717) is 0 Å². The predicted octanol–water partition coefficient (Wildman–Crippen LogP) is 16.2. The predicted molar refractivity (Wildman–Crippen MR) is 262 cm³/mol. The maximum atomic E-state index is 5.09. The number of allylic oxidation sites excluding steroid dienone is 1. The molecule has 10 aromatic rings. The first-order chi connectivity index (χ1) is 30.4. The van der Waals surface area contributed by atoms with Crippen molar-refractivity contribution in [3.05, 3.63) is 257 Å². The molecule has 0 amide bonds. The molecule has 1 atom stereocenters. The Morgan fingerprint density at radius 2 is 0.984 bits per heavy atom. The van der Waals surface area contributed by atoms with Crippen molar-refractivity contribution in [2.45, 2.75) is 30.6 Å². The van der Waals surface area contributed by atoms with Crippen LogP contribution in [0.5, 0.6) is 0 Å². The Bertz CT molecular complexity index is 3470. The van der Waals surface area contributed by atoms with Crippen LogP contribution in [-0.4, -0.2) is 0 Å². The maximum Gasteiger partial charge on any atom is 0.0725 e. The Kier molecular flexibility index (Phi) is 7.47. The minimum atomic E-state index is -0.420. The van der Waals surface area contributed by atoms with Crippen LogP contribution >= 0.6 is 11.3 Å². The molecule has 9 aromatic carbocycles. The quantitative estimate of drug-likeness (QED) is 0.163. The van der Waals surface area contributed by atoms with Crippen LogP contribution in [0.3, 0.4) is 0 Å². The first kappa shape index (κ1) is 35.7. The van der Waals surface area contributed by atoms with Gasteiger partial charge in [0, 0.05) is 31.5 Å². The van der Waals surface area contributed by atoms with Crippen molar-refractivity contribution in [2.75, 3.05) is 0 Å². The van der Waals surface area contributed by atoms with Gasteiger partial charge in [-0.1, -0.05) is 202 Å². The van der Waals surface area contributed by atoms with Gasteiger partial charge >= 0.3 is 0 Å². The van der Waals surface area contributed by atoms with Crippen LogP contribution in [0.1, 0.15) is 69.8 Å². The van der Waals surface area contributed by atoms with Gasteiger partial charge in [0.15, 0.2) is 0 Å². The first-order valence-corrected chi connectivity index (χ1v) is 22.6. The molecule has 1 heteroatoms. The van der Waals surface area contributed by atoms with E-state index in [0.717, 1.165) is 5.57 Å². The van der Waals surface area contributed by atoms with Gasteiger partial charge in [-0.2, -0.15) is 0 Å². The molecular weight excluding hydrogens is 765 g/mol. The van der Waals surface area contributed by atoms with E-state index in [2.05, 4.69) is 214 Å². The molecule has 3 aliphatic carbocycles. The molecule has 0 nitrogen and oxygen atoms in total. The first-order valence-electron chi connectivity index (χ1n) is 21.8. The van der Waals surface area contributed by atoms with Crippen molar-refractivity contribution in [1.82, 2.24) is 0 Å². The second-order valence-electron chi connectivity index (χ2n) is 17.9. The Balaban J connectivity index is 1.04. The minimum Gasteiger partial charge on any atom is -0.135 e. The zero-order valence-electron chi connectivity index (χ0n) is 34.7. The van der Waals surface area contributed by atoms with Crippen molar-refractivity contribution in [3.63, 3.8) is 0 Å². The summed E-state index contributed by atoms with van der Waals surface area (Å²) in [7, 11) is 0. The fraction of sp³-hybridized carbons (Fsp3) is 0.0820. The van der Waals surface area contributed by atoms with Gasteiger partial charge in [0.25, 0.3) is 0 Å². The Hall–Kier alpha value is -7.06. The van der Waals surface area contributed by atoms with Gasteiger partial charge in [0.2, 0.25) is 0 Å². The van der Waals surface area contributed by atoms with Crippen LogP contribution in [0.15, 0.2) is 207 Å². The summed E-state index contributed by atoms with van der Waals surface area (Å²) in [6.45, 7) is 9.83. The fourth-order valence-electron chi connectivity index (χ4n) is 11.9. The van der Waals surface area contributed by atoms with Gasteiger partial charge < -0.3 is 0 Å². The number of hydrogen-bond acceptors (Lipinski definition) is 1. The van der Waals surface area contributed by atoms with Crippen molar-refractivity contribution >= 4 is 37.1 Å². The third-order valence-electron chi connectivity index (χ3n) is 14.6. The van der Waals surface area contributed by atoms with Crippen LogP contribution in [0, 0.1) is 0 Å². The molecule has 0 saturated heterocycles. The molecule has 62 heavy (non-hydrogen) atoms.